The Labute approximate surface area is 128 Å². The second-order valence-corrected chi connectivity index (χ2v) is 7.76. The molecule has 0 aromatic rings. The molecule has 114 valence electrons. The van der Waals surface area contributed by atoms with Crippen molar-refractivity contribution >= 4 is 35.5 Å². The van der Waals surface area contributed by atoms with E-state index < -0.39 is 11.5 Å². The van der Waals surface area contributed by atoms with Crippen LogP contribution in [0.1, 0.15) is 26.2 Å². The van der Waals surface area contributed by atoms with Crippen LogP contribution in [0.4, 0.5) is 4.79 Å². The van der Waals surface area contributed by atoms with Crippen molar-refractivity contribution in [3.05, 3.63) is 0 Å². The molecule has 2 amide bonds. The van der Waals surface area contributed by atoms with Gasteiger partial charge in [0, 0.05) is 35.6 Å². The van der Waals surface area contributed by atoms with Crippen LogP contribution in [0, 0.1) is 0 Å². The summed E-state index contributed by atoms with van der Waals surface area (Å²) in [6, 6.07) is -0.220. The summed E-state index contributed by atoms with van der Waals surface area (Å²) in [5.41, 5.74) is -1.00. The molecule has 2 fully saturated rings. The molecule has 2 heterocycles. The third-order valence-corrected chi connectivity index (χ3v) is 6.93. The average Bonchev–Trinajstić information content (AvgIpc) is 2.91. The molecular weight excluding hydrogens is 296 g/mol. The van der Waals surface area contributed by atoms with E-state index >= 15 is 0 Å². The lowest BCUT2D eigenvalue weighted by molar-refractivity contribution is -0.148. The lowest BCUT2D eigenvalue weighted by Crippen LogP contribution is -2.56. The zero-order chi connectivity index (χ0) is 14.6. The van der Waals surface area contributed by atoms with Gasteiger partial charge < -0.3 is 15.3 Å². The molecule has 5 nitrogen and oxygen atoms in total. The Bertz CT molecular complexity index is 375. The van der Waals surface area contributed by atoms with Crippen molar-refractivity contribution < 1.29 is 14.7 Å². The zero-order valence-electron chi connectivity index (χ0n) is 11.8. The van der Waals surface area contributed by atoms with Crippen molar-refractivity contribution in [2.24, 2.45) is 0 Å². The maximum absolute atomic E-state index is 12.3. The Balaban J connectivity index is 1.92. The number of aliphatic carboxylic acids is 1. The van der Waals surface area contributed by atoms with Crippen LogP contribution in [0.5, 0.6) is 0 Å². The van der Waals surface area contributed by atoms with Gasteiger partial charge in [-0.25, -0.2) is 9.59 Å². The molecule has 0 radical (unpaired) electrons. The molecule has 2 atom stereocenters. The summed E-state index contributed by atoms with van der Waals surface area (Å²) in [5, 5.41) is 12.8. The lowest BCUT2D eigenvalue weighted by Gasteiger charge is -2.34. The fourth-order valence-electron chi connectivity index (χ4n) is 2.87. The second-order valence-electron chi connectivity index (χ2n) is 5.20. The van der Waals surface area contributed by atoms with Gasteiger partial charge in [0.2, 0.25) is 0 Å². The van der Waals surface area contributed by atoms with Gasteiger partial charge in [-0.15, -0.1) is 0 Å². The number of carbonyl (C=O) groups is 2. The van der Waals surface area contributed by atoms with Gasteiger partial charge in [-0.05, 0) is 19.3 Å². The smallest absolute Gasteiger partial charge is 0.329 e. The summed E-state index contributed by atoms with van der Waals surface area (Å²) < 4.78 is 0. The van der Waals surface area contributed by atoms with E-state index in [-0.39, 0.29) is 6.03 Å². The van der Waals surface area contributed by atoms with E-state index in [1.807, 2.05) is 30.4 Å². The Morgan fingerprint density at radius 2 is 2.25 bits per heavy atom. The Morgan fingerprint density at radius 1 is 1.45 bits per heavy atom. The molecule has 0 spiro atoms. The summed E-state index contributed by atoms with van der Waals surface area (Å²) in [5.74, 6) is 2.49. The molecule has 0 aromatic carbocycles. The molecule has 2 rings (SSSR count). The summed E-state index contributed by atoms with van der Waals surface area (Å²) in [7, 11) is 0. The minimum Gasteiger partial charge on any atom is -0.479 e. The minimum atomic E-state index is -1.00. The van der Waals surface area contributed by atoms with Gasteiger partial charge in [0.05, 0.1) is 0 Å². The standard InChI is InChI=1S/C13H22N2O3S2/c1-2-13(11(16)17)4-3-5-15(13)12(18)14-8-10-9-19-6-7-20-10/h10H,2-9H2,1H3,(H,14,18)(H,16,17). The largest absolute Gasteiger partial charge is 0.479 e. The van der Waals surface area contributed by atoms with Gasteiger partial charge in [-0.2, -0.15) is 23.5 Å². The highest BCUT2D eigenvalue weighted by Crippen LogP contribution is 2.33. The third-order valence-electron chi connectivity index (χ3n) is 4.08. The molecule has 2 aliphatic rings. The molecule has 2 saturated heterocycles. The number of nitrogens with one attached hydrogen (secondary N) is 1. The molecule has 0 aliphatic carbocycles. The number of amides is 2. The maximum Gasteiger partial charge on any atom is 0.329 e. The van der Waals surface area contributed by atoms with Gasteiger partial charge in [-0.1, -0.05) is 6.92 Å². The molecule has 0 aromatic heterocycles. The van der Waals surface area contributed by atoms with Crippen LogP contribution in [0.3, 0.4) is 0 Å². The summed E-state index contributed by atoms with van der Waals surface area (Å²) in [4.78, 5) is 25.4. The predicted octanol–water partition coefficient (Wildman–Crippen LogP) is 1.87. The van der Waals surface area contributed by atoms with Crippen molar-refractivity contribution in [1.82, 2.24) is 10.2 Å². The highest BCUT2D eigenvalue weighted by Gasteiger charge is 2.48. The average molecular weight is 318 g/mol. The topological polar surface area (TPSA) is 69.6 Å². The van der Waals surface area contributed by atoms with Gasteiger partial charge >= 0.3 is 12.0 Å². The fraction of sp³-hybridized carbons (Fsp3) is 0.846. The molecule has 0 saturated carbocycles. The number of rotatable bonds is 4. The highest BCUT2D eigenvalue weighted by molar-refractivity contribution is 8.06. The van der Waals surface area contributed by atoms with E-state index in [0.717, 1.165) is 17.9 Å². The Morgan fingerprint density at radius 3 is 2.85 bits per heavy atom. The molecule has 2 N–H and O–H groups in total. The van der Waals surface area contributed by atoms with Crippen LogP contribution in [-0.2, 0) is 4.79 Å². The first-order valence-corrected chi connectivity index (χ1v) is 9.28. The third kappa shape index (κ3) is 3.19. The molecule has 2 aliphatic heterocycles. The number of hydrogen-bond donors (Lipinski definition) is 2. The number of thioether (sulfide) groups is 2. The molecule has 20 heavy (non-hydrogen) atoms. The van der Waals surface area contributed by atoms with Crippen molar-refractivity contribution in [2.75, 3.05) is 30.3 Å². The van der Waals surface area contributed by atoms with Crippen LogP contribution < -0.4 is 5.32 Å². The van der Waals surface area contributed by atoms with E-state index in [1.54, 1.807) is 0 Å². The van der Waals surface area contributed by atoms with Gasteiger partial charge in [0.25, 0.3) is 0 Å². The van der Waals surface area contributed by atoms with E-state index in [2.05, 4.69) is 5.32 Å². The first-order valence-electron chi connectivity index (χ1n) is 7.08. The van der Waals surface area contributed by atoms with E-state index in [0.29, 0.717) is 31.2 Å². The highest BCUT2D eigenvalue weighted by atomic mass is 32.2. The zero-order valence-corrected chi connectivity index (χ0v) is 13.4. The van der Waals surface area contributed by atoms with Crippen LogP contribution in [0.15, 0.2) is 0 Å². The first kappa shape index (κ1) is 15.8. The normalized spacial score (nSPS) is 30.2. The second kappa shape index (κ2) is 6.93. The van der Waals surface area contributed by atoms with Crippen molar-refractivity contribution in [3.8, 4) is 0 Å². The SMILES string of the molecule is CCC1(C(=O)O)CCCN1C(=O)NCC1CSCCS1. The van der Waals surface area contributed by atoms with Gasteiger partial charge in [0.1, 0.15) is 5.54 Å². The molecular formula is C13H22N2O3S2. The minimum absolute atomic E-state index is 0.220. The molecule has 0 bridgehead atoms. The van der Waals surface area contributed by atoms with E-state index in [9.17, 15) is 14.7 Å². The van der Waals surface area contributed by atoms with E-state index in [4.69, 9.17) is 0 Å². The number of carboxylic acid groups (broad SMARTS) is 1. The molecule has 7 heteroatoms. The quantitative estimate of drug-likeness (QED) is 0.828. The van der Waals surface area contributed by atoms with Crippen molar-refractivity contribution in [3.63, 3.8) is 0 Å². The van der Waals surface area contributed by atoms with Crippen LogP contribution in [0.2, 0.25) is 0 Å². The van der Waals surface area contributed by atoms with Crippen LogP contribution in [-0.4, -0.2) is 63.1 Å². The summed E-state index contributed by atoms with van der Waals surface area (Å²) in [6.45, 7) is 3.01. The van der Waals surface area contributed by atoms with Crippen LogP contribution >= 0.6 is 23.5 Å². The number of nitrogens with zero attached hydrogens (tertiary/aromatic N) is 1. The fourth-order valence-corrected chi connectivity index (χ4v) is 5.48. The number of carboxylic acids is 1. The number of hydrogen-bond acceptors (Lipinski definition) is 4. The predicted molar refractivity (Wildman–Crippen MR) is 83.6 cm³/mol. The Hall–Kier alpha value is -0.560. The first-order chi connectivity index (χ1) is 9.60. The number of urea groups is 1. The lowest BCUT2D eigenvalue weighted by atomic mass is 9.93. The van der Waals surface area contributed by atoms with Crippen molar-refractivity contribution in [1.29, 1.82) is 0 Å². The monoisotopic (exact) mass is 318 g/mol. The van der Waals surface area contributed by atoms with Gasteiger partial charge in [-0.3, -0.25) is 0 Å². The summed E-state index contributed by atoms with van der Waals surface area (Å²) >= 11 is 3.81. The van der Waals surface area contributed by atoms with Crippen molar-refractivity contribution in [2.45, 2.75) is 37.0 Å². The number of carbonyl (C=O) groups excluding carboxylic acids is 1. The Kier molecular flexibility index (Phi) is 5.49. The molecule has 2 unspecified atom stereocenters. The maximum atomic E-state index is 12.3. The number of likely N-dealkylation sites (tertiary alicyclic amines) is 1. The van der Waals surface area contributed by atoms with Crippen LogP contribution in [0.25, 0.3) is 0 Å². The van der Waals surface area contributed by atoms with E-state index in [1.165, 1.54) is 10.7 Å². The summed E-state index contributed by atoms with van der Waals surface area (Å²) in [6.07, 6.45) is 1.78. The van der Waals surface area contributed by atoms with Gasteiger partial charge in [0.15, 0.2) is 0 Å².